The van der Waals surface area contributed by atoms with Crippen LogP contribution in [0.3, 0.4) is 0 Å². The number of carbonyl (C=O) groups excluding carboxylic acids is 1. The molecule has 7 heteroatoms. The summed E-state index contributed by atoms with van der Waals surface area (Å²) in [7, 11) is 0. The highest BCUT2D eigenvalue weighted by Crippen LogP contribution is 2.21. The number of nitrogens with zero attached hydrogens (tertiary/aromatic N) is 1. The third-order valence-electron chi connectivity index (χ3n) is 3.17. The van der Waals surface area contributed by atoms with E-state index < -0.39 is 5.82 Å². The van der Waals surface area contributed by atoms with E-state index in [1.54, 1.807) is 18.3 Å². The molecule has 0 aliphatic carbocycles. The highest BCUT2D eigenvalue weighted by molar-refractivity contribution is 6.30. The number of fused-ring (bicyclic) bond motifs is 1. The first-order chi connectivity index (χ1) is 10.6. The first kappa shape index (κ1) is 14.3. The van der Waals surface area contributed by atoms with E-state index in [4.69, 9.17) is 11.6 Å². The minimum absolute atomic E-state index is 0.0304. The summed E-state index contributed by atoms with van der Waals surface area (Å²) < 4.78 is 13.1. The molecule has 0 spiro atoms. The van der Waals surface area contributed by atoms with Gasteiger partial charge >= 0.3 is 6.03 Å². The number of rotatable bonds is 3. The summed E-state index contributed by atoms with van der Waals surface area (Å²) >= 11 is 5.70. The summed E-state index contributed by atoms with van der Waals surface area (Å²) in [5.74, 6) is -0.485. The lowest BCUT2D eigenvalue weighted by Crippen LogP contribution is -2.28. The Balaban J connectivity index is 1.65. The maximum Gasteiger partial charge on any atom is 0.319 e. The Hall–Kier alpha value is -2.60. The van der Waals surface area contributed by atoms with Crippen molar-refractivity contribution < 1.29 is 9.18 Å². The third kappa shape index (κ3) is 3.01. The van der Waals surface area contributed by atoms with Gasteiger partial charge in [-0.2, -0.15) is 5.10 Å². The molecule has 112 valence electrons. The molecule has 0 unspecified atom stereocenters. The molecule has 0 aliphatic heterocycles. The summed E-state index contributed by atoms with van der Waals surface area (Å²) in [6.07, 6.45) is 1.64. The van der Waals surface area contributed by atoms with E-state index in [0.29, 0.717) is 11.3 Å². The van der Waals surface area contributed by atoms with E-state index in [1.165, 1.54) is 12.1 Å². The van der Waals surface area contributed by atoms with Crippen molar-refractivity contribution in [1.29, 1.82) is 0 Å². The number of halogens is 2. The lowest BCUT2D eigenvalue weighted by molar-refractivity contribution is 0.252. The van der Waals surface area contributed by atoms with Crippen LogP contribution in [-0.2, 0) is 6.54 Å². The minimum atomic E-state index is -0.485. The molecule has 0 aliphatic rings. The first-order valence-electron chi connectivity index (χ1n) is 6.54. The van der Waals surface area contributed by atoms with Gasteiger partial charge in [-0.1, -0.05) is 23.7 Å². The van der Waals surface area contributed by atoms with Gasteiger partial charge in [-0.25, -0.2) is 9.18 Å². The number of anilines is 1. The van der Waals surface area contributed by atoms with Crippen LogP contribution in [0, 0.1) is 5.82 Å². The second kappa shape index (κ2) is 6.03. The molecule has 1 heterocycles. The lowest BCUT2D eigenvalue weighted by atomic mass is 10.2. The highest BCUT2D eigenvalue weighted by Gasteiger charge is 2.07. The van der Waals surface area contributed by atoms with Gasteiger partial charge < -0.3 is 10.6 Å². The molecule has 0 radical (unpaired) electrons. The number of aromatic amines is 1. The maximum absolute atomic E-state index is 13.1. The number of benzene rings is 2. The van der Waals surface area contributed by atoms with Gasteiger partial charge in [-0.05, 0) is 29.8 Å². The number of H-pyrrole nitrogens is 1. The number of aromatic nitrogens is 2. The van der Waals surface area contributed by atoms with Gasteiger partial charge in [0.25, 0.3) is 0 Å². The van der Waals surface area contributed by atoms with Crippen LogP contribution in [-0.4, -0.2) is 16.2 Å². The fourth-order valence-corrected chi connectivity index (χ4v) is 2.28. The largest absolute Gasteiger partial charge is 0.334 e. The third-order valence-corrected chi connectivity index (χ3v) is 3.46. The average Bonchev–Trinajstić information content (AvgIpc) is 2.98. The Labute approximate surface area is 130 Å². The van der Waals surface area contributed by atoms with Crippen LogP contribution in [0.15, 0.2) is 42.6 Å². The number of carbonyl (C=O) groups is 1. The fourth-order valence-electron chi connectivity index (χ4n) is 2.08. The van der Waals surface area contributed by atoms with Gasteiger partial charge in [0.2, 0.25) is 0 Å². The van der Waals surface area contributed by atoms with Crippen molar-refractivity contribution in [2.24, 2.45) is 0 Å². The minimum Gasteiger partial charge on any atom is -0.334 e. The molecule has 22 heavy (non-hydrogen) atoms. The standard InChI is InChI=1S/C15H12ClFN4O/c16-11-6-9(4-5-12(11)17)7-18-15(22)20-13-2-1-3-14-10(13)8-19-21-14/h1-6,8H,7H2,(H,19,21)(H2,18,20,22). The Morgan fingerprint density at radius 3 is 3.00 bits per heavy atom. The number of urea groups is 1. The van der Waals surface area contributed by atoms with E-state index >= 15 is 0 Å². The molecule has 1 aromatic heterocycles. The molecule has 0 saturated carbocycles. The van der Waals surface area contributed by atoms with E-state index in [0.717, 1.165) is 10.9 Å². The van der Waals surface area contributed by atoms with E-state index in [-0.39, 0.29) is 17.6 Å². The monoisotopic (exact) mass is 318 g/mol. The van der Waals surface area contributed by atoms with Gasteiger partial charge in [0.1, 0.15) is 5.82 Å². The van der Waals surface area contributed by atoms with E-state index in [9.17, 15) is 9.18 Å². The van der Waals surface area contributed by atoms with Gasteiger partial charge in [0, 0.05) is 11.9 Å². The van der Waals surface area contributed by atoms with Crippen LogP contribution >= 0.6 is 11.6 Å². The van der Waals surface area contributed by atoms with Crippen LogP contribution in [0.2, 0.25) is 5.02 Å². The number of hydrogen-bond donors (Lipinski definition) is 3. The zero-order valence-electron chi connectivity index (χ0n) is 11.4. The SMILES string of the molecule is O=C(NCc1ccc(F)c(Cl)c1)Nc1cccc2[nH]ncc12. The maximum atomic E-state index is 13.1. The van der Waals surface area contributed by atoms with Crippen LogP contribution in [0.1, 0.15) is 5.56 Å². The Kier molecular flexibility index (Phi) is 3.93. The van der Waals surface area contributed by atoms with Crippen molar-refractivity contribution in [2.75, 3.05) is 5.32 Å². The normalized spacial score (nSPS) is 10.6. The van der Waals surface area contributed by atoms with Crippen molar-refractivity contribution >= 4 is 34.2 Å². The topological polar surface area (TPSA) is 69.8 Å². The predicted molar refractivity (Wildman–Crippen MR) is 83.4 cm³/mol. The van der Waals surface area contributed by atoms with Crippen LogP contribution in [0.25, 0.3) is 10.9 Å². The zero-order chi connectivity index (χ0) is 15.5. The average molecular weight is 319 g/mol. The Morgan fingerprint density at radius 1 is 1.32 bits per heavy atom. The fraction of sp³-hybridized carbons (Fsp3) is 0.0667. The molecular weight excluding hydrogens is 307 g/mol. The first-order valence-corrected chi connectivity index (χ1v) is 6.92. The Bertz CT molecular complexity index is 833. The van der Waals surface area contributed by atoms with Gasteiger partial charge in [0.05, 0.1) is 22.4 Å². The van der Waals surface area contributed by atoms with Crippen LogP contribution in [0.5, 0.6) is 0 Å². The zero-order valence-corrected chi connectivity index (χ0v) is 12.1. The Morgan fingerprint density at radius 2 is 2.18 bits per heavy atom. The smallest absolute Gasteiger partial charge is 0.319 e. The van der Waals surface area contributed by atoms with Crippen molar-refractivity contribution in [1.82, 2.24) is 15.5 Å². The van der Waals surface area contributed by atoms with Gasteiger partial charge in [-0.15, -0.1) is 0 Å². The lowest BCUT2D eigenvalue weighted by Gasteiger charge is -2.09. The van der Waals surface area contributed by atoms with Crippen LogP contribution in [0.4, 0.5) is 14.9 Å². The summed E-state index contributed by atoms with van der Waals surface area (Å²) in [6.45, 7) is 0.243. The van der Waals surface area contributed by atoms with Crippen molar-refractivity contribution in [3.63, 3.8) is 0 Å². The molecule has 2 amide bonds. The molecule has 3 rings (SSSR count). The second-order valence-corrected chi connectivity index (χ2v) is 5.10. The van der Waals surface area contributed by atoms with E-state index in [1.807, 2.05) is 12.1 Å². The van der Waals surface area contributed by atoms with Crippen molar-refractivity contribution in [3.05, 3.63) is 59.0 Å². The van der Waals surface area contributed by atoms with Crippen LogP contribution < -0.4 is 10.6 Å². The molecule has 0 saturated heterocycles. The highest BCUT2D eigenvalue weighted by atomic mass is 35.5. The summed E-state index contributed by atoms with van der Waals surface area (Å²) in [6, 6.07) is 9.41. The van der Waals surface area contributed by atoms with Gasteiger partial charge in [0.15, 0.2) is 0 Å². The van der Waals surface area contributed by atoms with Crippen molar-refractivity contribution in [2.45, 2.75) is 6.54 Å². The van der Waals surface area contributed by atoms with E-state index in [2.05, 4.69) is 20.8 Å². The summed E-state index contributed by atoms with van der Waals surface area (Å²) in [4.78, 5) is 11.9. The second-order valence-electron chi connectivity index (χ2n) is 4.69. The molecular formula is C15H12ClFN4O. The predicted octanol–water partition coefficient (Wildman–Crippen LogP) is 3.68. The molecule has 0 bridgehead atoms. The number of amides is 2. The van der Waals surface area contributed by atoms with Gasteiger partial charge in [-0.3, -0.25) is 5.10 Å². The summed E-state index contributed by atoms with van der Waals surface area (Å²) in [5.41, 5.74) is 2.20. The molecule has 0 atom stereocenters. The molecule has 3 N–H and O–H groups in total. The molecule has 3 aromatic rings. The quantitative estimate of drug-likeness (QED) is 0.689. The summed E-state index contributed by atoms with van der Waals surface area (Å²) in [5, 5.41) is 13.1. The molecule has 0 fully saturated rings. The molecule has 2 aromatic carbocycles. The molecule has 5 nitrogen and oxygen atoms in total. The number of nitrogens with one attached hydrogen (secondary N) is 3. The van der Waals surface area contributed by atoms with Crippen molar-refractivity contribution in [3.8, 4) is 0 Å². The number of hydrogen-bond acceptors (Lipinski definition) is 2.